The molecule has 0 saturated carbocycles. The van der Waals surface area contributed by atoms with Gasteiger partial charge in [0.05, 0.1) is 6.61 Å². The average Bonchev–Trinajstić information content (AvgIpc) is 2.37. The molecule has 0 heterocycles. The van der Waals surface area contributed by atoms with Crippen LogP contribution in [0.25, 0.3) is 0 Å². The van der Waals surface area contributed by atoms with Crippen molar-refractivity contribution < 1.29 is 14.6 Å². The van der Waals surface area contributed by atoms with Crippen LogP contribution in [0.15, 0.2) is 30.3 Å². The van der Waals surface area contributed by atoms with Crippen LogP contribution in [0.4, 0.5) is 0 Å². The second-order valence-corrected chi connectivity index (χ2v) is 4.88. The Morgan fingerprint density at radius 3 is 2.44 bits per heavy atom. The summed E-state index contributed by atoms with van der Waals surface area (Å²) in [4.78, 5) is 12.0. The summed E-state index contributed by atoms with van der Waals surface area (Å²) in [5.74, 6) is -0.133. The number of hydrogen-bond donors (Lipinski definition) is 1. The minimum atomic E-state index is -1.53. The van der Waals surface area contributed by atoms with E-state index in [9.17, 15) is 9.90 Å². The van der Waals surface area contributed by atoms with Crippen molar-refractivity contribution in [2.45, 2.75) is 39.2 Å². The third-order valence-corrected chi connectivity index (χ3v) is 2.95. The zero-order chi connectivity index (χ0) is 13.6. The fraction of sp³-hybridized carbons (Fsp3) is 0.533. The first-order valence-electron chi connectivity index (χ1n) is 6.45. The number of aliphatic hydroxyl groups is 1. The number of hydrogen-bond acceptors (Lipinski definition) is 3. The first kappa shape index (κ1) is 14.7. The van der Waals surface area contributed by atoms with Gasteiger partial charge in [0, 0.05) is 0 Å². The van der Waals surface area contributed by atoms with E-state index in [1.54, 1.807) is 19.1 Å². The molecule has 0 unspecified atom stereocenters. The third kappa shape index (κ3) is 3.57. The van der Waals surface area contributed by atoms with Gasteiger partial charge in [0.2, 0.25) is 0 Å². The molecule has 0 aliphatic carbocycles. The fourth-order valence-corrected chi connectivity index (χ4v) is 1.83. The van der Waals surface area contributed by atoms with Crippen LogP contribution >= 0.6 is 0 Å². The molecule has 0 radical (unpaired) electrons. The van der Waals surface area contributed by atoms with Crippen molar-refractivity contribution in [2.75, 3.05) is 6.61 Å². The highest BCUT2D eigenvalue weighted by Crippen LogP contribution is 2.29. The van der Waals surface area contributed by atoms with E-state index < -0.39 is 11.6 Å². The molecule has 0 fully saturated rings. The Kier molecular flexibility index (Phi) is 5.35. The standard InChI is InChI=1S/C15H22O3/c1-4-18-14(16)15(17,11-10-12(2)3)13-8-6-5-7-9-13/h5-9,12,17H,4,10-11H2,1-3H3/t15-/m1/s1. The van der Waals surface area contributed by atoms with Gasteiger partial charge in [0.1, 0.15) is 0 Å². The summed E-state index contributed by atoms with van der Waals surface area (Å²) in [5, 5.41) is 10.7. The zero-order valence-electron chi connectivity index (χ0n) is 11.3. The molecule has 100 valence electrons. The van der Waals surface area contributed by atoms with Crippen molar-refractivity contribution in [3.63, 3.8) is 0 Å². The second kappa shape index (κ2) is 6.55. The number of carbonyl (C=O) groups excluding carboxylic acids is 1. The Labute approximate surface area is 109 Å². The molecule has 0 aromatic heterocycles. The summed E-state index contributed by atoms with van der Waals surface area (Å²) >= 11 is 0. The molecule has 0 spiro atoms. The molecule has 18 heavy (non-hydrogen) atoms. The van der Waals surface area contributed by atoms with Crippen LogP contribution in [0.3, 0.4) is 0 Å². The Morgan fingerprint density at radius 2 is 1.94 bits per heavy atom. The van der Waals surface area contributed by atoms with Gasteiger partial charge in [-0.15, -0.1) is 0 Å². The van der Waals surface area contributed by atoms with Crippen molar-refractivity contribution in [3.05, 3.63) is 35.9 Å². The molecular formula is C15H22O3. The molecule has 0 saturated heterocycles. The summed E-state index contributed by atoms with van der Waals surface area (Å²) in [7, 11) is 0. The largest absolute Gasteiger partial charge is 0.464 e. The molecule has 1 atom stereocenters. The molecule has 1 aromatic carbocycles. The van der Waals surface area contributed by atoms with Gasteiger partial charge in [-0.2, -0.15) is 0 Å². The number of benzene rings is 1. The maximum atomic E-state index is 12.0. The van der Waals surface area contributed by atoms with E-state index >= 15 is 0 Å². The van der Waals surface area contributed by atoms with Crippen molar-refractivity contribution in [1.29, 1.82) is 0 Å². The zero-order valence-corrected chi connectivity index (χ0v) is 11.3. The van der Waals surface area contributed by atoms with Crippen LogP contribution in [0.1, 0.15) is 39.2 Å². The van der Waals surface area contributed by atoms with E-state index in [1.807, 2.05) is 18.2 Å². The number of ether oxygens (including phenoxy) is 1. The minimum absolute atomic E-state index is 0.273. The first-order valence-corrected chi connectivity index (χ1v) is 6.45. The Morgan fingerprint density at radius 1 is 1.33 bits per heavy atom. The topological polar surface area (TPSA) is 46.5 Å². The summed E-state index contributed by atoms with van der Waals surface area (Å²) in [6, 6.07) is 9.01. The van der Waals surface area contributed by atoms with Crippen molar-refractivity contribution in [2.24, 2.45) is 5.92 Å². The molecule has 0 amide bonds. The minimum Gasteiger partial charge on any atom is -0.464 e. The van der Waals surface area contributed by atoms with Gasteiger partial charge in [0.15, 0.2) is 5.60 Å². The van der Waals surface area contributed by atoms with Gasteiger partial charge in [-0.05, 0) is 31.2 Å². The number of carbonyl (C=O) groups is 1. The highest BCUT2D eigenvalue weighted by atomic mass is 16.5. The van der Waals surface area contributed by atoms with Crippen molar-refractivity contribution in [1.82, 2.24) is 0 Å². The van der Waals surface area contributed by atoms with Gasteiger partial charge in [-0.3, -0.25) is 0 Å². The molecule has 1 N–H and O–H groups in total. The van der Waals surface area contributed by atoms with Gasteiger partial charge in [0.25, 0.3) is 0 Å². The predicted molar refractivity (Wildman–Crippen MR) is 71.0 cm³/mol. The quantitative estimate of drug-likeness (QED) is 0.790. The van der Waals surface area contributed by atoms with Crippen LogP contribution in [0.5, 0.6) is 0 Å². The lowest BCUT2D eigenvalue weighted by molar-refractivity contribution is -0.167. The summed E-state index contributed by atoms with van der Waals surface area (Å²) in [5.41, 5.74) is -0.925. The summed E-state index contributed by atoms with van der Waals surface area (Å²) < 4.78 is 5.00. The van der Waals surface area contributed by atoms with Gasteiger partial charge < -0.3 is 9.84 Å². The highest BCUT2D eigenvalue weighted by Gasteiger charge is 2.39. The second-order valence-electron chi connectivity index (χ2n) is 4.88. The van der Waals surface area contributed by atoms with Crippen molar-refractivity contribution in [3.8, 4) is 0 Å². The van der Waals surface area contributed by atoms with E-state index in [0.717, 1.165) is 6.42 Å². The van der Waals surface area contributed by atoms with Gasteiger partial charge in [-0.25, -0.2) is 4.79 Å². The maximum absolute atomic E-state index is 12.0. The van der Waals surface area contributed by atoms with Crippen LogP contribution in [0, 0.1) is 5.92 Å². The van der Waals surface area contributed by atoms with E-state index in [2.05, 4.69) is 13.8 Å². The molecule has 3 heteroatoms. The first-order chi connectivity index (χ1) is 8.50. The maximum Gasteiger partial charge on any atom is 0.342 e. The lowest BCUT2D eigenvalue weighted by atomic mass is 9.87. The SMILES string of the molecule is CCOC(=O)[C@@](O)(CCC(C)C)c1ccccc1. The normalized spacial score (nSPS) is 14.3. The van der Waals surface area contributed by atoms with Crippen LogP contribution in [-0.2, 0) is 15.1 Å². The van der Waals surface area contributed by atoms with E-state index in [-0.39, 0.29) is 6.61 Å². The highest BCUT2D eigenvalue weighted by molar-refractivity contribution is 5.81. The number of esters is 1. The van der Waals surface area contributed by atoms with Crippen molar-refractivity contribution >= 4 is 5.97 Å². The summed E-state index contributed by atoms with van der Waals surface area (Å²) in [6.07, 6.45) is 1.15. The van der Waals surface area contributed by atoms with Crippen LogP contribution in [0.2, 0.25) is 0 Å². The molecule has 0 bridgehead atoms. The Balaban J connectivity index is 2.97. The molecule has 1 aromatic rings. The molecule has 0 aliphatic rings. The number of rotatable bonds is 6. The van der Waals surface area contributed by atoms with E-state index in [1.165, 1.54) is 0 Å². The molecule has 0 aliphatic heterocycles. The van der Waals surface area contributed by atoms with E-state index in [0.29, 0.717) is 17.9 Å². The van der Waals surface area contributed by atoms with E-state index in [4.69, 9.17) is 4.74 Å². The van der Waals surface area contributed by atoms with Crippen LogP contribution < -0.4 is 0 Å². The average molecular weight is 250 g/mol. The predicted octanol–water partition coefficient (Wildman–Crippen LogP) is 2.87. The lowest BCUT2D eigenvalue weighted by Crippen LogP contribution is -2.37. The monoisotopic (exact) mass is 250 g/mol. The summed E-state index contributed by atoms with van der Waals surface area (Å²) in [6.45, 7) is 6.15. The third-order valence-electron chi connectivity index (χ3n) is 2.95. The fourth-order valence-electron chi connectivity index (χ4n) is 1.83. The molecule has 3 nitrogen and oxygen atoms in total. The Bertz CT molecular complexity index is 373. The molecule has 1 rings (SSSR count). The van der Waals surface area contributed by atoms with Gasteiger partial charge >= 0.3 is 5.97 Å². The lowest BCUT2D eigenvalue weighted by Gasteiger charge is -2.27. The molecular weight excluding hydrogens is 228 g/mol. The van der Waals surface area contributed by atoms with Crippen LogP contribution in [-0.4, -0.2) is 17.7 Å². The smallest absolute Gasteiger partial charge is 0.342 e. The van der Waals surface area contributed by atoms with Gasteiger partial charge in [-0.1, -0.05) is 44.2 Å². The Hall–Kier alpha value is -1.35.